The Labute approximate surface area is 189 Å². The molecule has 6 nitrogen and oxygen atoms in total. The van der Waals surface area contributed by atoms with Crippen molar-refractivity contribution in [3.8, 4) is 11.3 Å². The van der Waals surface area contributed by atoms with Gasteiger partial charge in [-0.05, 0) is 42.8 Å². The number of carbonyl (C=O) groups is 1. The average molecular weight is 440 g/mol. The van der Waals surface area contributed by atoms with Crippen molar-refractivity contribution >= 4 is 22.5 Å². The fraction of sp³-hybridized carbons (Fsp3) is 0.115. The van der Waals surface area contributed by atoms with Crippen molar-refractivity contribution in [2.24, 2.45) is 0 Å². The number of nitrogens with one attached hydrogen (secondary N) is 1. The number of rotatable bonds is 5. The van der Waals surface area contributed by atoms with Gasteiger partial charge in [-0.1, -0.05) is 48.0 Å². The van der Waals surface area contributed by atoms with Crippen LogP contribution >= 0.6 is 0 Å². The van der Waals surface area contributed by atoms with Crippen molar-refractivity contribution in [2.75, 3.05) is 5.32 Å². The fourth-order valence-electron chi connectivity index (χ4n) is 3.94. The van der Waals surface area contributed by atoms with Crippen LogP contribution in [0.25, 0.3) is 22.2 Å². The molecule has 0 fully saturated rings. The molecule has 0 unspecified atom stereocenters. The van der Waals surface area contributed by atoms with Crippen molar-refractivity contribution in [1.82, 2.24) is 14.3 Å². The van der Waals surface area contributed by atoms with Gasteiger partial charge in [0.25, 0.3) is 5.56 Å². The molecule has 33 heavy (non-hydrogen) atoms. The number of aryl methyl sites for hydroxylation is 1. The zero-order chi connectivity index (χ0) is 22.9. The molecule has 0 radical (unpaired) electrons. The van der Waals surface area contributed by atoms with E-state index < -0.39 is 11.4 Å². The molecule has 7 heteroatoms. The minimum absolute atomic E-state index is 0.239. The first-order valence-electron chi connectivity index (χ1n) is 10.6. The lowest BCUT2D eigenvalue weighted by Gasteiger charge is -2.14. The number of fused-ring (bicyclic) bond motifs is 3. The van der Waals surface area contributed by atoms with E-state index in [1.807, 2.05) is 54.0 Å². The van der Waals surface area contributed by atoms with E-state index in [0.717, 1.165) is 21.3 Å². The van der Waals surface area contributed by atoms with Gasteiger partial charge in [-0.3, -0.25) is 9.59 Å². The maximum absolute atomic E-state index is 14.1. The molecule has 2 aliphatic heterocycles. The van der Waals surface area contributed by atoms with Gasteiger partial charge in [-0.2, -0.15) is 5.10 Å². The van der Waals surface area contributed by atoms with E-state index in [9.17, 15) is 14.0 Å². The molecule has 2 aliphatic rings. The second kappa shape index (κ2) is 8.35. The Morgan fingerprint density at radius 1 is 1.03 bits per heavy atom. The van der Waals surface area contributed by atoms with E-state index in [1.54, 1.807) is 24.4 Å². The summed E-state index contributed by atoms with van der Waals surface area (Å²) in [6, 6.07) is 21.6. The predicted octanol–water partition coefficient (Wildman–Crippen LogP) is 4.44. The average Bonchev–Trinajstić information content (AvgIpc) is 3.11. The second-order valence-corrected chi connectivity index (χ2v) is 8.04. The van der Waals surface area contributed by atoms with Gasteiger partial charge in [-0.15, -0.1) is 0 Å². The summed E-state index contributed by atoms with van der Waals surface area (Å²) in [5, 5.41) is 7.69. The molecule has 2 heterocycles. The number of aromatic nitrogens is 3. The predicted molar refractivity (Wildman–Crippen MR) is 126 cm³/mol. The number of nitrogens with zero attached hydrogens (tertiary/aromatic N) is 3. The van der Waals surface area contributed by atoms with E-state index >= 15 is 0 Å². The molecule has 0 spiro atoms. The summed E-state index contributed by atoms with van der Waals surface area (Å²) < 4.78 is 17.2. The number of benzene rings is 3. The van der Waals surface area contributed by atoms with Crippen LogP contribution in [0.2, 0.25) is 0 Å². The van der Waals surface area contributed by atoms with E-state index in [0.29, 0.717) is 28.9 Å². The molecule has 164 valence electrons. The van der Waals surface area contributed by atoms with Crippen molar-refractivity contribution in [2.45, 2.75) is 20.0 Å². The molecule has 3 aromatic carbocycles. The summed E-state index contributed by atoms with van der Waals surface area (Å²) in [4.78, 5) is 25.7. The number of hydrogen-bond donors (Lipinski definition) is 1. The topological polar surface area (TPSA) is 68.9 Å². The SMILES string of the molecule is Cc1ccc(NC(=O)Cn2nc3c4cc(F)ccc4n(Cc4ccccc4)cc-3c2=O)cc1. The van der Waals surface area contributed by atoms with E-state index in [-0.39, 0.29) is 12.5 Å². The third-order valence-electron chi connectivity index (χ3n) is 5.57. The van der Waals surface area contributed by atoms with Crippen LogP contribution in [0.5, 0.6) is 0 Å². The Morgan fingerprint density at radius 2 is 1.79 bits per heavy atom. The third kappa shape index (κ3) is 4.13. The van der Waals surface area contributed by atoms with Crippen molar-refractivity contribution < 1.29 is 9.18 Å². The molecule has 0 aromatic heterocycles. The Hall–Kier alpha value is -4.26. The van der Waals surface area contributed by atoms with Gasteiger partial charge >= 0.3 is 0 Å². The highest BCUT2D eigenvalue weighted by Gasteiger charge is 2.21. The third-order valence-corrected chi connectivity index (χ3v) is 5.57. The Bertz CT molecular complexity index is 1490. The normalized spacial score (nSPS) is 11.2. The molecular weight excluding hydrogens is 419 g/mol. The Kier molecular flexibility index (Phi) is 5.22. The number of amides is 1. The van der Waals surface area contributed by atoms with E-state index in [2.05, 4.69) is 10.4 Å². The Balaban J connectivity index is 1.54. The quantitative estimate of drug-likeness (QED) is 0.439. The molecule has 0 aliphatic carbocycles. The minimum atomic E-state index is -0.416. The molecule has 0 saturated heterocycles. The zero-order valence-corrected chi connectivity index (χ0v) is 18.0. The summed E-state index contributed by atoms with van der Waals surface area (Å²) in [7, 11) is 0. The molecule has 0 saturated carbocycles. The monoisotopic (exact) mass is 440 g/mol. The largest absolute Gasteiger partial charge is 0.342 e. The maximum atomic E-state index is 14.1. The summed E-state index contributed by atoms with van der Waals surface area (Å²) in [5.41, 5.74) is 3.84. The fourth-order valence-corrected chi connectivity index (χ4v) is 3.94. The van der Waals surface area contributed by atoms with Crippen molar-refractivity contribution in [1.29, 1.82) is 0 Å². The molecule has 0 bridgehead atoms. The summed E-state index contributed by atoms with van der Waals surface area (Å²) in [6.07, 6.45) is 1.73. The van der Waals surface area contributed by atoms with Gasteiger partial charge in [0, 0.05) is 23.8 Å². The number of hydrogen-bond acceptors (Lipinski definition) is 3. The van der Waals surface area contributed by atoms with Crippen molar-refractivity contribution in [3.05, 3.63) is 106 Å². The standard InChI is InChI=1S/C26H21FN4O2/c1-17-7-10-20(11-8-17)28-24(32)16-31-26(33)22-15-30(14-18-5-3-2-4-6-18)23-12-9-19(27)13-21(23)25(22)29-31/h2-13,15H,14,16H2,1H3,(H,28,32). The van der Waals surface area contributed by atoms with Gasteiger partial charge in [-0.25, -0.2) is 9.07 Å². The van der Waals surface area contributed by atoms with Gasteiger partial charge in [0.2, 0.25) is 5.91 Å². The minimum Gasteiger partial charge on any atom is -0.342 e. The second-order valence-electron chi connectivity index (χ2n) is 8.04. The summed E-state index contributed by atoms with van der Waals surface area (Å²) >= 11 is 0. The molecule has 3 aromatic rings. The molecule has 5 rings (SSSR count). The van der Waals surface area contributed by atoms with Crippen LogP contribution in [0.15, 0.2) is 83.8 Å². The van der Waals surface area contributed by atoms with Crippen molar-refractivity contribution in [3.63, 3.8) is 0 Å². The molecule has 1 amide bonds. The van der Waals surface area contributed by atoms with Gasteiger partial charge < -0.3 is 9.88 Å². The lowest BCUT2D eigenvalue weighted by atomic mass is 10.1. The number of halogens is 1. The van der Waals surface area contributed by atoms with Crippen LogP contribution in [0.1, 0.15) is 11.1 Å². The van der Waals surface area contributed by atoms with Crippen LogP contribution < -0.4 is 10.9 Å². The number of carbonyl (C=O) groups excluding carboxylic acids is 1. The van der Waals surface area contributed by atoms with E-state index in [1.165, 1.54) is 12.1 Å². The summed E-state index contributed by atoms with van der Waals surface area (Å²) in [6.45, 7) is 2.23. The Morgan fingerprint density at radius 3 is 2.55 bits per heavy atom. The highest BCUT2D eigenvalue weighted by molar-refractivity contribution is 5.94. The van der Waals surface area contributed by atoms with Crippen LogP contribution in [0.3, 0.4) is 0 Å². The van der Waals surface area contributed by atoms with Gasteiger partial charge in [0.1, 0.15) is 18.1 Å². The first-order valence-corrected chi connectivity index (χ1v) is 10.6. The van der Waals surface area contributed by atoms with E-state index in [4.69, 9.17) is 0 Å². The lowest BCUT2D eigenvalue weighted by Crippen LogP contribution is -2.26. The smallest absolute Gasteiger partial charge is 0.278 e. The summed E-state index contributed by atoms with van der Waals surface area (Å²) in [5.74, 6) is -0.781. The van der Waals surface area contributed by atoms with Gasteiger partial charge in [0.05, 0.1) is 11.1 Å². The van der Waals surface area contributed by atoms with Crippen LogP contribution in [0.4, 0.5) is 10.1 Å². The highest BCUT2D eigenvalue weighted by Crippen LogP contribution is 2.28. The molecule has 1 N–H and O–H groups in total. The maximum Gasteiger partial charge on any atom is 0.278 e. The first-order chi connectivity index (χ1) is 16.0. The zero-order valence-electron chi connectivity index (χ0n) is 18.0. The highest BCUT2D eigenvalue weighted by atomic mass is 19.1. The van der Waals surface area contributed by atoms with Crippen LogP contribution in [-0.4, -0.2) is 20.3 Å². The van der Waals surface area contributed by atoms with Gasteiger partial charge in [0.15, 0.2) is 0 Å². The first kappa shape index (κ1) is 20.6. The number of pyridine rings is 1. The molecule has 0 atom stereocenters. The number of anilines is 1. The lowest BCUT2D eigenvalue weighted by molar-refractivity contribution is -0.116. The molecular formula is C26H21FN4O2. The van der Waals surface area contributed by atoms with Crippen LogP contribution in [-0.2, 0) is 17.9 Å². The van der Waals surface area contributed by atoms with Crippen LogP contribution in [0, 0.1) is 12.7 Å².